The van der Waals surface area contributed by atoms with Gasteiger partial charge in [-0.05, 0) is 45.1 Å². The zero-order valence-corrected chi connectivity index (χ0v) is 13.7. The molecule has 1 aliphatic carbocycles. The van der Waals surface area contributed by atoms with Crippen LogP contribution in [0.4, 0.5) is 5.82 Å². The molecule has 0 spiro atoms. The second-order valence-electron chi connectivity index (χ2n) is 5.70. The van der Waals surface area contributed by atoms with Crippen LogP contribution in [0.15, 0.2) is 17.7 Å². The first kappa shape index (κ1) is 14.5. The van der Waals surface area contributed by atoms with Gasteiger partial charge in [0.2, 0.25) is 0 Å². The van der Waals surface area contributed by atoms with Gasteiger partial charge in [0, 0.05) is 17.8 Å². The van der Waals surface area contributed by atoms with Crippen LogP contribution >= 0.6 is 11.3 Å². The molecule has 1 N–H and O–H groups in total. The normalized spacial score (nSPS) is 15.2. The van der Waals surface area contributed by atoms with Crippen LogP contribution in [0.5, 0.6) is 0 Å². The first-order chi connectivity index (χ1) is 10.3. The van der Waals surface area contributed by atoms with E-state index in [9.17, 15) is 0 Å². The lowest BCUT2D eigenvalue weighted by Gasteiger charge is -2.13. The summed E-state index contributed by atoms with van der Waals surface area (Å²) in [6, 6.07) is 2.20. The number of aromatic nitrogens is 2. The van der Waals surface area contributed by atoms with Crippen LogP contribution in [-0.4, -0.2) is 16.5 Å². The van der Waals surface area contributed by atoms with Crippen molar-refractivity contribution >= 4 is 27.4 Å². The summed E-state index contributed by atoms with van der Waals surface area (Å²) in [5.74, 6) is 1.95. The predicted molar refractivity (Wildman–Crippen MR) is 91.2 cm³/mol. The molecule has 0 radical (unpaired) electrons. The van der Waals surface area contributed by atoms with Crippen molar-refractivity contribution in [3.63, 3.8) is 0 Å². The summed E-state index contributed by atoms with van der Waals surface area (Å²) >= 11 is 1.75. The number of nitrogens with one attached hydrogen (secondary N) is 1. The second-order valence-corrected chi connectivity index (χ2v) is 6.94. The molecule has 0 amide bonds. The summed E-state index contributed by atoms with van der Waals surface area (Å²) in [5.41, 5.74) is 1.61. The fraction of sp³-hybridized carbons (Fsp3) is 0.529. The number of thiophene rings is 1. The third kappa shape index (κ3) is 3.43. The maximum Gasteiger partial charge on any atom is 0.138 e. The average Bonchev–Trinajstić information content (AvgIpc) is 2.88. The minimum Gasteiger partial charge on any atom is -0.369 e. The van der Waals surface area contributed by atoms with Crippen LogP contribution in [0.1, 0.15) is 49.7 Å². The second kappa shape index (κ2) is 6.56. The number of hydrogen-bond donors (Lipinski definition) is 1. The molecule has 0 aromatic carbocycles. The Morgan fingerprint density at radius 3 is 2.95 bits per heavy atom. The standard InChI is InChI=1S/C17H23N3S/c1-3-15-19-16(14-11-12(2)21-17(14)20-15)18-10-9-13-7-5-4-6-8-13/h7,11H,3-6,8-10H2,1-2H3,(H,18,19,20). The van der Waals surface area contributed by atoms with Crippen molar-refractivity contribution < 1.29 is 0 Å². The van der Waals surface area contributed by atoms with Gasteiger partial charge in [-0.15, -0.1) is 11.3 Å². The topological polar surface area (TPSA) is 37.8 Å². The van der Waals surface area contributed by atoms with Gasteiger partial charge >= 0.3 is 0 Å². The Bertz CT molecular complexity index is 657. The highest BCUT2D eigenvalue weighted by atomic mass is 32.1. The van der Waals surface area contributed by atoms with E-state index in [4.69, 9.17) is 0 Å². The molecule has 0 unspecified atom stereocenters. The van der Waals surface area contributed by atoms with Gasteiger partial charge in [-0.1, -0.05) is 18.6 Å². The molecule has 0 fully saturated rings. The molecule has 112 valence electrons. The van der Waals surface area contributed by atoms with E-state index in [1.54, 1.807) is 16.9 Å². The Hall–Kier alpha value is -1.42. The summed E-state index contributed by atoms with van der Waals surface area (Å²) in [6.07, 6.45) is 9.69. The number of rotatable bonds is 5. The molecule has 3 rings (SSSR count). The van der Waals surface area contributed by atoms with E-state index in [-0.39, 0.29) is 0 Å². The summed E-state index contributed by atoms with van der Waals surface area (Å²) in [6.45, 7) is 5.21. The minimum absolute atomic E-state index is 0.882. The van der Waals surface area contributed by atoms with Crippen LogP contribution < -0.4 is 5.32 Å². The Kier molecular flexibility index (Phi) is 4.54. The number of anilines is 1. The first-order valence-electron chi connectivity index (χ1n) is 7.95. The Morgan fingerprint density at radius 2 is 2.19 bits per heavy atom. The molecule has 0 atom stereocenters. The van der Waals surface area contributed by atoms with E-state index in [0.717, 1.165) is 35.9 Å². The number of allylic oxidation sites excluding steroid dienone is 1. The molecular formula is C17H23N3S. The highest BCUT2D eigenvalue weighted by molar-refractivity contribution is 7.18. The van der Waals surface area contributed by atoms with Gasteiger partial charge in [0.15, 0.2) is 0 Å². The van der Waals surface area contributed by atoms with Gasteiger partial charge < -0.3 is 5.32 Å². The molecule has 4 heteroatoms. The fourth-order valence-electron chi connectivity index (χ4n) is 2.85. The molecule has 2 aromatic rings. The molecule has 1 aliphatic rings. The van der Waals surface area contributed by atoms with E-state index >= 15 is 0 Å². The van der Waals surface area contributed by atoms with Crippen LogP contribution in [0.25, 0.3) is 10.2 Å². The summed E-state index contributed by atoms with van der Waals surface area (Å²) in [7, 11) is 0. The fourth-order valence-corrected chi connectivity index (χ4v) is 3.75. The van der Waals surface area contributed by atoms with Crippen molar-refractivity contribution in [2.24, 2.45) is 0 Å². The number of hydrogen-bond acceptors (Lipinski definition) is 4. The van der Waals surface area contributed by atoms with Crippen molar-refractivity contribution in [3.05, 3.63) is 28.4 Å². The minimum atomic E-state index is 0.882. The maximum atomic E-state index is 4.68. The van der Waals surface area contributed by atoms with Gasteiger partial charge in [-0.2, -0.15) is 0 Å². The van der Waals surface area contributed by atoms with E-state index in [0.29, 0.717) is 0 Å². The number of nitrogens with zero attached hydrogens (tertiary/aromatic N) is 2. The van der Waals surface area contributed by atoms with E-state index in [2.05, 4.69) is 41.3 Å². The van der Waals surface area contributed by atoms with E-state index in [1.165, 1.54) is 35.9 Å². The maximum absolute atomic E-state index is 4.68. The molecule has 0 aliphatic heterocycles. The Labute approximate surface area is 130 Å². The highest BCUT2D eigenvalue weighted by Crippen LogP contribution is 2.29. The molecule has 3 nitrogen and oxygen atoms in total. The van der Waals surface area contributed by atoms with Crippen LogP contribution in [0.2, 0.25) is 0 Å². The van der Waals surface area contributed by atoms with Gasteiger partial charge in [-0.3, -0.25) is 0 Å². The van der Waals surface area contributed by atoms with Crippen LogP contribution in [0, 0.1) is 6.92 Å². The van der Waals surface area contributed by atoms with Gasteiger partial charge in [0.25, 0.3) is 0 Å². The van der Waals surface area contributed by atoms with Crippen molar-refractivity contribution in [3.8, 4) is 0 Å². The molecule has 2 heterocycles. The Morgan fingerprint density at radius 1 is 1.29 bits per heavy atom. The lowest BCUT2D eigenvalue weighted by molar-refractivity contribution is 0.679. The third-order valence-corrected chi connectivity index (χ3v) is 4.95. The number of fused-ring (bicyclic) bond motifs is 1. The van der Waals surface area contributed by atoms with Crippen molar-refractivity contribution in [2.45, 2.75) is 52.4 Å². The number of aryl methyl sites for hydroxylation is 2. The third-order valence-electron chi connectivity index (χ3n) is 4.00. The molecule has 21 heavy (non-hydrogen) atoms. The van der Waals surface area contributed by atoms with E-state index < -0.39 is 0 Å². The first-order valence-corrected chi connectivity index (χ1v) is 8.76. The zero-order chi connectivity index (χ0) is 14.7. The Balaban J connectivity index is 1.74. The van der Waals surface area contributed by atoms with Crippen molar-refractivity contribution in [1.29, 1.82) is 0 Å². The zero-order valence-electron chi connectivity index (χ0n) is 12.9. The average molecular weight is 301 g/mol. The van der Waals surface area contributed by atoms with Crippen molar-refractivity contribution in [1.82, 2.24) is 9.97 Å². The lowest BCUT2D eigenvalue weighted by atomic mass is 9.97. The molecular weight excluding hydrogens is 278 g/mol. The highest BCUT2D eigenvalue weighted by Gasteiger charge is 2.10. The summed E-state index contributed by atoms with van der Waals surface area (Å²) < 4.78 is 0. The lowest BCUT2D eigenvalue weighted by Crippen LogP contribution is -2.07. The summed E-state index contributed by atoms with van der Waals surface area (Å²) in [5, 5.41) is 4.71. The molecule has 0 saturated carbocycles. The predicted octanol–water partition coefficient (Wildman–Crippen LogP) is 4.86. The van der Waals surface area contributed by atoms with Crippen LogP contribution in [0.3, 0.4) is 0 Å². The van der Waals surface area contributed by atoms with Gasteiger partial charge in [-0.25, -0.2) is 9.97 Å². The molecule has 0 saturated heterocycles. The van der Waals surface area contributed by atoms with Gasteiger partial charge in [0.05, 0.1) is 5.39 Å². The smallest absolute Gasteiger partial charge is 0.138 e. The quantitative estimate of drug-likeness (QED) is 0.801. The molecule has 0 bridgehead atoms. The van der Waals surface area contributed by atoms with Crippen LogP contribution in [-0.2, 0) is 6.42 Å². The largest absolute Gasteiger partial charge is 0.369 e. The van der Waals surface area contributed by atoms with Crippen molar-refractivity contribution in [2.75, 3.05) is 11.9 Å². The molecule has 2 aromatic heterocycles. The van der Waals surface area contributed by atoms with E-state index in [1.807, 2.05) is 0 Å². The monoisotopic (exact) mass is 301 g/mol. The van der Waals surface area contributed by atoms with Gasteiger partial charge in [0.1, 0.15) is 16.5 Å². The summed E-state index contributed by atoms with van der Waals surface area (Å²) in [4.78, 5) is 11.7. The SMILES string of the molecule is CCc1nc(NCCC2=CCCCC2)c2cc(C)sc2n1.